The summed E-state index contributed by atoms with van der Waals surface area (Å²) in [5, 5.41) is 13.9. The van der Waals surface area contributed by atoms with Crippen molar-refractivity contribution in [2.45, 2.75) is 26.8 Å². The number of thiazole rings is 1. The molecule has 0 aliphatic heterocycles. The van der Waals surface area contributed by atoms with Crippen LogP contribution in [0.1, 0.15) is 42.3 Å². The Balaban J connectivity index is 2.62. The molecule has 17 heavy (non-hydrogen) atoms. The fourth-order valence-electron chi connectivity index (χ4n) is 1.03. The van der Waals surface area contributed by atoms with Gasteiger partial charge in [0, 0.05) is 11.9 Å². The van der Waals surface area contributed by atoms with Crippen LogP contribution < -0.4 is 11.1 Å². The van der Waals surface area contributed by atoms with E-state index in [-0.39, 0.29) is 11.9 Å². The van der Waals surface area contributed by atoms with Crippen LogP contribution in [0.2, 0.25) is 0 Å². The van der Waals surface area contributed by atoms with Crippen LogP contribution in [-0.4, -0.2) is 17.4 Å². The molecule has 0 aliphatic rings. The number of nitrogens with zero attached hydrogens (tertiary/aromatic N) is 2. The van der Waals surface area contributed by atoms with Crippen LogP contribution in [0.15, 0.2) is 5.38 Å². The number of carbonyl (C=O) groups excluding carboxylic acids is 1. The van der Waals surface area contributed by atoms with Gasteiger partial charge in [-0.2, -0.15) is 5.26 Å². The van der Waals surface area contributed by atoms with Crippen molar-refractivity contribution in [3.63, 3.8) is 0 Å². The summed E-state index contributed by atoms with van der Waals surface area (Å²) in [7, 11) is 0. The van der Waals surface area contributed by atoms with Gasteiger partial charge < -0.3 is 11.1 Å². The average Bonchev–Trinajstić information content (AvgIpc) is 2.75. The first kappa shape index (κ1) is 13.6. The van der Waals surface area contributed by atoms with Gasteiger partial charge in [0.2, 0.25) is 0 Å². The van der Waals surface area contributed by atoms with E-state index in [0.29, 0.717) is 12.2 Å². The highest BCUT2D eigenvalue weighted by molar-refractivity contribution is 7.09. The van der Waals surface area contributed by atoms with E-state index in [1.165, 1.54) is 11.3 Å². The highest BCUT2D eigenvalue weighted by atomic mass is 32.1. The average molecular weight is 252 g/mol. The van der Waals surface area contributed by atoms with Crippen molar-refractivity contribution in [3.8, 4) is 6.07 Å². The SMILES string of the molecule is CC(N)c1nc(C(=O)NCC(C)(C)C#N)cs1. The minimum atomic E-state index is -0.574. The Labute approximate surface area is 105 Å². The first-order valence-electron chi connectivity index (χ1n) is 5.26. The Bertz CT molecular complexity index is 445. The number of carbonyl (C=O) groups is 1. The molecular weight excluding hydrogens is 236 g/mol. The summed E-state index contributed by atoms with van der Waals surface area (Å²) in [4.78, 5) is 15.9. The molecule has 5 nitrogen and oxygen atoms in total. The minimum absolute atomic E-state index is 0.169. The third kappa shape index (κ3) is 3.80. The van der Waals surface area contributed by atoms with Crippen molar-refractivity contribution in [2.24, 2.45) is 11.1 Å². The maximum atomic E-state index is 11.7. The van der Waals surface area contributed by atoms with Gasteiger partial charge >= 0.3 is 0 Å². The van der Waals surface area contributed by atoms with Gasteiger partial charge in [0.05, 0.1) is 17.5 Å². The molecule has 0 spiro atoms. The lowest BCUT2D eigenvalue weighted by Crippen LogP contribution is -2.33. The van der Waals surface area contributed by atoms with E-state index in [1.54, 1.807) is 19.2 Å². The van der Waals surface area contributed by atoms with Crippen LogP contribution >= 0.6 is 11.3 Å². The number of hydrogen-bond donors (Lipinski definition) is 2. The highest BCUT2D eigenvalue weighted by Crippen LogP contribution is 2.16. The molecule has 0 aliphatic carbocycles. The molecular formula is C11H16N4OS. The fraction of sp³-hybridized carbons (Fsp3) is 0.545. The Morgan fingerprint density at radius 2 is 2.41 bits per heavy atom. The van der Waals surface area contributed by atoms with E-state index >= 15 is 0 Å². The molecule has 1 rings (SSSR count). The van der Waals surface area contributed by atoms with Gasteiger partial charge in [0.1, 0.15) is 10.7 Å². The minimum Gasteiger partial charge on any atom is -0.349 e. The Morgan fingerprint density at radius 1 is 1.76 bits per heavy atom. The van der Waals surface area contributed by atoms with Gasteiger partial charge in [-0.15, -0.1) is 11.3 Å². The van der Waals surface area contributed by atoms with E-state index < -0.39 is 5.41 Å². The fourth-order valence-corrected chi connectivity index (χ4v) is 1.79. The lowest BCUT2D eigenvalue weighted by molar-refractivity contribution is 0.0939. The zero-order chi connectivity index (χ0) is 13.1. The van der Waals surface area contributed by atoms with Gasteiger partial charge in [-0.3, -0.25) is 4.79 Å². The summed E-state index contributed by atoms with van der Waals surface area (Å²) in [6.07, 6.45) is 0. The maximum Gasteiger partial charge on any atom is 0.270 e. The van der Waals surface area contributed by atoms with Gasteiger partial charge in [0.15, 0.2) is 0 Å². The van der Waals surface area contributed by atoms with Gasteiger partial charge in [-0.05, 0) is 20.8 Å². The lowest BCUT2D eigenvalue weighted by Gasteiger charge is -2.14. The Morgan fingerprint density at radius 3 is 2.88 bits per heavy atom. The van der Waals surface area contributed by atoms with Crippen LogP contribution in [0.25, 0.3) is 0 Å². The van der Waals surface area contributed by atoms with E-state index in [1.807, 2.05) is 6.92 Å². The molecule has 3 N–H and O–H groups in total. The standard InChI is InChI=1S/C11H16N4OS/c1-7(13)10-15-8(4-17-10)9(16)14-6-11(2,3)5-12/h4,7H,6,13H2,1-3H3,(H,14,16). The number of aromatic nitrogens is 1. The zero-order valence-corrected chi connectivity index (χ0v) is 11.0. The van der Waals surface area contributed by atoms with Crippen molar-refractivity contribution < 1.29 is 4.79 Å². The molecule has 92 valence electrons. The molecule has 6 heteroatoms. The van der Waals surface area contributed by atoms with Crippen LogP contribution in [0, 0.1) is 16.7 Å². The molecule has 1 heterocycles. The number of nitrogens with one attached hydrogen (secondary N) is 1. The third-order valence-electron chi connectivity index (χ3n) is 2.14. The Kier molecular flexibility index (Phi) is 4.21. The molecule has 0 fully saturated rings. The largest absolute Gasteiger partial charge is 0.349 e. The summed E-state index contributed by atoms with van der Waals surface area (Å²) < 4.78 is 0. The summed E-state index contributed by atoms with van der Waals surface area (Å²) in [6.45, 7) is 5.65. The van der Waals surface area contributed by atoms with E-state index in [9.17, 15) is 4.79 Å². The maximum absolute atomic E-state index is 11.7. The topological polar surface area (TPSA) is 91.8 Å². The van der Waals surface area contributed by atoms with Crippen LogP contribution in [0.4, 0.5) is 0 Å². The predicted molar refractivity (Wildman–Crippen MR) is 66.4 cm³/mol. The van der Waals surface area contributed by atoms with Crippen LogP contribution in [-0.2, 0) is 0 Å². The molecule has 0 bridgehead atoms. The number of nitrogens with two attached hydrogens (primary N) is 1. The van der Waals surface area contributed by atoms with Crippen molar-refractivity contribution in [2.75, 3.05) is 6.54 Å². The van der Waals surface area contributed by atoms with Crippen LogP contribution in [0.5, 0.6) is 0 Å². The second-order valence-electron chi connectivity index (χ2n) is 4.54. The summed E-state index contributed by atoms with van der Waals surface area (Å²) in [6, 6.07) is 1.95. The first-order valence-corrected chi connectivity index (χ1v) is 6.14. The van der Waals surface area contributed by atoms with Crippen LogP contribution in [0.3, 0.4) is 0 Å². The quantitative estimate of drug-likeness (QED) is 0.848. The third-order valence-corrected chi connectivity index (χ3v) is 3.18. The molecule has 1 atom stereocenters. The van der Waals surface area contributed by atoms with Crippen molar-refractivity contribution in [1.29, 1.82) is 5.26 Å². The van der Waals surface area contributed by atoms with E-state index in [2.05, 4.69) is 16.4 Å². The molecule has 1 unspecified atom stereocenters. The lowest BCUT2D eigenvalue weighted by atomic mass is 9.96. The molecule has 0 aromatic carbocycles. The summed E-state index contributed by atoms with van der Waals surface area (Å²) >= 11 is 1.36. The van der Waals surface area contributed by atoms with Gasteiger partial charge in [0.25, 0.3) is 5.91 Å². The number of amides is 1. The molecule has 0 saturated heterocycles. The predicted octanol–water partition coefficient (Wildman–Crippen LogP) is 1.44. The van der Waals surface area contributed by atoms with Gasteiger partial charge in [-0.1, -0.05) is 0 Å². The normalized spacial score (nSPS) is 12.9. The second kappa shape index (κ2) is 5.25. The smallest absolute Gasteiger partial charge is 0.270 e. The molecule has 0 radical (unpaired) electrons. The van der Waals surface area contributed by atoms with E-state index in [0.717, 1.165) is 5.01 Å². The second-order valence-corrected chi connectivity index (χ2v) is 5.43. The molecule has 1 amide bonds. The highest BCUT2D eigenvalue weighted by Gasteiger charge is 2.19. The summed E-state index contributed by atoms with van der Waals surface area (Å²) in [5.74, 6) is -0.267. The van der Waals surface area contributed by atoms with Gasteiger partial charge in [-0.25, -0.2) is 4.98 Å². The zero-order valence-electron chi connectivity index (χ0n) is 10.2. The molecule has 1 aromatic heterocycles. The Hall–Kier alpha value is -1.45. The molecule has 1 aromatic rings. The number of rotatable bonds is 4. The molecule has 0 saturated carbocycles. The number of hydrogen-bond acceptors (Lipinski definition) is 5. The van der Waals surface area contributed by atoms with Crippen molar-refractivity contribution >= 4 is 17.2 Å². The van der Waals surface area contributed by atoms with E-state index in [4.69, 9.17) is 11.0 Å². The summed E-state index contributed by atoms with van der Waals surface area (Å²) in [5.41, 5.74) is 5.45. The van der Waals surface area contributed by atoms with Crippen molar-refractivity contribution in [3.05, 3.63) is 16.1 Å². The first-order chi connectivity index (χ1) is 7.85. The van der Waals surface area contributed by atoms with Crippen molar-refractivity contribution in [1.82, 2.24) is 10.3 Å². The number of nitriles is 1. The monoisotopic (exact) mass is 252 g/mol.